The number of ether oxygens (including phenoxy) is 1. The maximum atomic E-state index is 14.3. The van der Waals surface area contributed by atoms with Gasteiger partial charge in [-0.3, -0.25) is 5.41 Å². The first-order valence-corrected chi connectivity index (χ1v) is 9.81. The predicted octanol–water partition coefficient (Wildman–Crippen LogP) is 5.29. The zero-order chi connectivity index (χ0) is 19.4. The molecule has 8 heteroatoms. The van der Waals surface area contributed by atoms with Crippen molar-refractivity contribution >= 4 is 44.8 Å². The Balaban J connectivity index is 2.01. The van der Waals surface area contributed by atoms with Crippen LogP contribution >= 0.6 is 27.5 Å². The molecular weight excluding hydrogens is 431 g/mol. The van der Waals surface area contributed by atoms with Crippen molar-refractivity contribution in [1.82, 2.24) is 3.96 Å². The van der Waals surface area contributed by atoms with Gasteiger partial charge in [0.1, 0.15) is 22.7 Å². The fourth-order valence-electron chi connectivity index (χ4n) is 2.37. The Bertz CT molecular complexity index is 1030. The maximum Gasteiger partial charge on any atom is 0.223 e. The van der Waals surface area contributed by atoms with Gasteiger partial charge in [-0.2, -0.15) is 0 Å². The summed E-state index contributed by atoms with van der Waals surface area (Å²) < 4.78 is 22.0. The van der Waals surface area contributed by atoms with Gasteiger partial charge in [-0.1, -0.05) is 27.5 Å². The Morgan fingerprint density at radius 3 is 2.59 bits per heavy atom. The summed E-state index contributed by atoms with van der Waals surface area (Å²) in [5.74, 6) is 0.667. The van der Waals surface area contributed by atoms with Crippen molar-refractivity contribution in [2.24, 2.45) is 4.99 Å². The van der Waals surface area contributed by atoms with Crippen molar-refractivity contribution in [3.05, 3.63) is 69.2 Å². The summed E-state index contributed by atoms with van der Waals surface area (Å²) in [4.78, 5) is 5.39. The topological polar surface area (TPSA) is 62.4 Å². The highest BCUT2D eigenvalue weighted by molar-refractivity contribution is 9.10. The van der Waals surface area contributed by atoms with E-state index in [1.165, 1.54) is 17.6 Å². The highest BCUT2D eigenvalue weighted by Crippen LogP contribution is 2.23. The van der Waals surface area contributed by atoms with Crippen LogP contribution in [0.4, 0.5) is 15.8 Å². The van der Waals surface area contributed by atoms with Crippen molar-refractivity contribution in [2.75, 3.05) is 11.9 Å². The minimum atomic E-state index is -0.448. The van der Waals surface area contributed by atoms with Gasteiger partial charge in [-0.25, -0.2) is 13.3 Å². The highest BCUT2D eigenvalue weighted by Gasteiger charge is 2.10. The first kappa shape index (κ1) is 19.3. The molecule has 0 unspecified atom stereocenters. The minimum Gasteiger partial charge on any atom is -0.494 e. The molecular formula is C19H18BrFN4OS. The van der Waals surface area contributed by atoms with Crippen LogP contribution in [0.3, 0.4) is 0 Å². The second-order valence-corrected chi connectivity index (χ2v) is 7.75. The first-order valence-electron chi connectivity index (χ1n) is 8.25. The molecule has 0 atom stereocenters. The molecule has 0 fully saturated rings. The Morgan fingerprint density at radius 1 is 1.26 bits per heavy atom. The van der Waals surface area contributed by atoms with Crippen molar-refractivity contribution < 1.29 is 9.13 Å². The fraction of sp³-hybridized carbons (Fsp3) is 0.158. The number of aromatic nitrogens is 1. The van der Waals surface area contributed by atoms with Crippen LogP contribution in [0.5, 0.6) is 5.75 Å². The van der Waals surface area contributed by atoms with Gasteiger partial charge in [0.15, 0.2) is 0 Å². The number of nitrogens with one attached hydrogen (secondary N) is 2. The summed E-state index contributed by atoms with van der Waals surface area (Å²) in [5.41, 5.74) is 1.21. The van der Waals surface area contributed by atoms with E-state index in [0.29, 0.717) is 17.0 Å². The van der Waals surface area contributed by atoms with Crippen molar-refractivity contribution in [2.45, 2.75) is 13.8 Å². The van der Waals surface area contributed by atoms with E-state index in [2.05, 4.69) is 26.2 Å². The molecule has 2 N–H and O–H groups in total. The maximum absolute atomic E-state index is 14.3. The summed E-state index contributed by atoms with van der Waals surface area (Å²) in [6.45, 7) is 4.43. The van der Waals surface area contributed by atoms with Gasteiger partial charge in [-0.05, 0) is 62.4 Å². The molecule has 0 amide bonds. The van der Waals surface area contributed by atoms with Gasteiger partial charge in [0.05, 0.1) is 6.61 Å². The number of aryl methyl sites for hydroxylation is 1. The number of anilines is 1. The summed E-state index contributed by atoms with van der Waals surface area (Å²) in [7, 11) is 0. The van der Waals surface area contributed by atoms with Crippen LogP contribution in [0, 0.1) is 18.2 Å². The molecule has 3 aromatic rings. The lowest BCUT2D eigenvalue weighted by molar-refractivity contribution is 0.340. The van der Waals surface area contributed by atoms with Crippen molar-refractivity contribution in [3.8, 4) is 5.75 Å². The number of aliphatic imine (C=N–C) groups is 1. The molecule has 27 heavy (non-hydrogen) atoms. The third-order valence-corrected chi connectivity index (χ3v) is 5.00. The zero-order valence-electron chi connectivity index (χ0n) is 14.8. The molecule has 0 aliphatic heterocycles. The van der Waals surface area contributed by atoms with Gasteiger partial charge in [0.25, 0.3) is 0 Å². The Kier molecular flexibility index (Phi) is 6.08. The van der Waals surface area contributed by atoms with E-state index >= 15 is 0 Å². The highest BCUT2D eigenvalue weighted by atomic mass is 79.9. The lowest BCUT2D eigenvalue weighted by Gasteiger charge is -2.12. The van der Waals surface area contributed by atoms with Gasteiger partial charge in [-0.15, -0.1) is 0 Å². The quantitative estimate of drug-likeness (QED) is 0.420. The molecule has 0 aliphatic rings. The number of halogens is 2. The standard InChI is InChI=1S/C19H18BrFN4OS/c1-3-26-15-7-5-14(6-8-15)23-19(25-18(22)10-12(2)27-25)24-17-9-4-13(20)11-16(17)21/h4-11,22H,3H2,1-2H3,(H,23,24). The molecule has 140 valence electrons. The molecule has 0 aliphatic carbocycles. The molecule has 0 radical (unpaired) electrons. The Morgan fingerprint density at radius 2 is 2.00 bits per heavy atom. The van der Waals surface area contributed by atoms with Crippen LogP contribution in [0.25, 0.3) is 0 Å². The van der Waals surface area contributed by atoms with E-state index in [1.54, 1.807) is 22.2 Å². The molecule has 2 aromatic carbocycles. The Labute approximate surface area is 168 Å². The van der Waals surface area contributed by atoms with Gasteiger partial charge in [0.2, 0.25) is 5.96 Å². The van der Waals surface area contributed by atoms with E-state index in [9.17, 15) is 4.39 Å². The zero-order valence-corrected chi connectivity index (χ0v) is 17.2. The average molecular weight is 449 g/mol. The van der Waals surface area contributed by atoms with Gasteiger partial charge < -0.3 is 10.1 Å². The minimum absolute atomic E-state index is 0.185. The molecule has 0 spiro atoms. The molecule has 3 rings (SSSR count). The summed E-state index contributed by atoms with van der Waals surface area (Å²) >= 11 is 4.61. The summed E-state index contributed by atoms with van der Waals surface area (Å²) in [6, 6.07) is 13.8. The number of hydrogen-bond donors (Lipinski definition) is 2. The van der Waals surface area contributed by atoms with E-state index in [4.69, 9.17) is 10.1 Å². The van der Waals surface area contributed by atoms with Crippen molar-refractivity contribution in [1.29, 1.82) is 5.41 Å². The van der Waals surface area contributed by atoms with Crippen LogP contribution in [0.15, 0.2) is 58.0 Å². The molecule has 0 saturated heterocycles. The number of hydrogen-bond acceptors (Lipinski definition) is 4. The van der Waals surface area contributed by atoms with Crippen molar-refractivity contribution in [3.63, 3.8) is 0 Å². The molecule has 0 bridgehead atoms. The molecule has 0 saturated carbocycles. The lowest BCUT2D eigenvalue weighted by Crippen LogP contribution is -2.28. The number of rotatable bonds is 4. The van der Waals surface area contributed by atoms with E-state index < -0.39 is 5.82 Å². The first-order chi connectivity index (χ1) is 13.0. The molecule has 5 nitrogen and oxygen atoms in total. The van der Waals surface area contributed by atoms with Crippen LogP contribution in [0.2, 0.25) is 0 Å². The third kappa shape index (κ3) is 4.84. The van der Waals surface area contributed by atoms with Crippen LogP contribution in [-0.2, 0) is 0 Å². The lowest BCUT2D eigenvalue weighted by atomic mass is 10.3. The fourth-order valence-corrected chi connectivity index (χ4v) is 3.48. The van der Waals surface area contributed by atoms with E-state index in [-0.39, 0.29) is 11.2 Å². The monoisotopic (exact) mass is 448 g/mol. The van der Waals surface area contributed by atoms with E-state index in [0.717, 1.165) is 16.3 Å². The average Bonchev–Trinajstić information content (AvgIpc) is 2.96. The molecule has 1 heterocycles. The van der Waals surface area contributed by atoms with Crippen LogP contribution in [0.1, 0.15) is 11.8 Å². The summed E-state index contributed by atoms with van der Waals surface area (Å²) in [6.07, 6.45) is 0. The smallest absolute Gasteiger partial charge is 0.223 e. The predicted molar refractivity (Wildman–Crippen MR) is 111 cm³/mol. The second-order valence-electron chi connectivity index (χ2n) is 5.64. The van der Waals surface area contributed by atoms with Gasteiger partial charge >= 0.3 is 0 Å². The van der Waals surface area contributed by atoms with Crippen LogP contribution in [-0.4, -0.2) is 16.5 Å². The van der Waals surface area contributed by atoms with E-state index in [1.807, 2.05) is 38.1 Å². The Hall–Kier alpha value is -2.45. The van der Waals surface area contributed by atoms with Crippen LogP contribution < -0.4 is 15.5 Å². The third-order valence-electron chi connectivity index (χ3n) is 3.54. The molecule has 1 aromatic heterocycles. The second kappa shape index (κ2) is 8.49. The van der Waals surface area contributed by atoms with Gasteiger partial charge in [0, 0.05) is 15.0 Å². The normalized spacial score (nSPS) is 11.5. The summed E-state index contributed by atoms with van der Waals surface area (Å²) in [5, 5.41) is 11.3. The number of benzene rings is 2. The largest absolute Gasteiger partial charge is 0.494 e. The SMILES string of the molecule is CCOc1ccc(NC(=Nc2ccc(Br)cc2F)n2sc(C)cc2=N)cc1. The number of nitrogens with zero attached hydrogens (tertiary/aromatic N) is 2.